The predicted octanol–water partition coefficient (Wildman–Crippen LogP) is 1.49. The van der Waals surface area contributed by atoms with Crippen LogP contribution in [0.5, 0.6) is 0 Å². The molecule has 4 heteroatoms. The average molecular weight is 215 g/mol. The first-order chi connectivity index (χ1) is 7.15. The van der Waals surface area contributed by atoms with Gasteiger partial charge in [0.05, 0.1) is 12.5 Å². The molecule has 0 aliphatic rings. The lowest BCUT2D eigenvalue weighted by molar-refractivity contribution is -0.148. The van der Waals surface area contributed by atoms with E-state index in [1.54, 1.807) is 6.92 Å². The van der Waals surface area contributed by atoms with E-state index in [0.29, 0.717) is 26.0 Å². The zero-order valence-electron chi connectivity index (χ0n) is 9.84. The Hall–Kier alpha value is -1.06. The molecule has 0 aromatic heterocycles. The first-order valence-corrected chi connectivity index (χ1v) is 5.58. The van der Waals surface area contributed by atoms with Gasteiger partial charge in [-0.3, -0.25) is 9.59 Å². The van der Waals surface area contributed by atoms with Crippen LogP contribution in [0, 0.1) is 5.92 Å². The minimum Gasteiger partial charge on any atom is -0.466 e. The topological polar surface area (TPSA) is 55.4 Å². The van der Waals surface area contributed by atoms with Crippen molar-refractivity contribution in [3.05, 3.63) is 0 Å². The molecular weight excluding hydrogens is 194 g/mol. The SMILES string of the molecule is CCCC(=O)NC[C@H](CC)C(=O)OCC. The first kappa shape index (κ1) is 13.9. The van der Waals surface area contributed by atoms with E-state index in [1.165, 1.54) is 0 Å². The molecule has 0 heterocycles. The van der Waals surface area contributed by atoms with Crippen molar-refractivity contribution in [1.29, 1.82) is 0 Å². The Morgan fingerprint density at radius 1 is 1.27 bits per heavy atom. The summed E-state index contributed by atoms with van der Waals surface area (Å²) in [4.78, 5) is 22.6. The zero-order valence-corrected chi connectivity index (χ0v) is 9.84. The third kappa shape index (κ3) is 6.10. The van der Waals surface area contributed by atoms with Crippen LogP contribution in [-0.4, -0.2) is 25.0 Å². The second kappa shape index (κ2) is 8.26. The average Bonchev–Trinajstić information content (AvgIpc) is 2.19. The van der Waals surface area contributed by atoms with Crippen LogP contribution in [0.4, 0.5) is 0 Å². The summed E-state index contributed by atoms with van der Waals surface area (Å²) in [5.74, 6) is -0.442. The lowest BCUT2D eigenvalue weighted by atomic mass is 10.1. The minimum absolute atomic E-state index is 0.000230. The molecule has 0 rings (SSSR count). The van der Waals surface area contributed by atoms with Gasteiger partial charge in [0.1, 0.15) is 0 Å². The lowest BCUT2D eigenvalue weighted by Crippen LogP contribution is -2.33. The molecule has 0 aromatic carbocycles. The van der Waals surface area contributed by atoms with E-state index in [2.05, 4.69) is 5.32 Å². The quantitative estimate of drug-likeness (QED) is 0.655. The van der Waals surface area contributed by atoms with Gasteiger partial charge in [0.2, 0.25) is 5.91 Å². The van der Waals surface area contributed by atoms with Crippen LogP contribution in [0.3, 0.4) is 0 Å². The van der Waals surface area contributed by atoms with Gasteiger partial charge in [0.25, 0.3) is 0 Å². The smallest absolute Gasteiger partial charge is 0.310 e. The summed E-state index contributed by atoms with van der Waals surface area (Å²) in [6.07, 6.45) is 2.02. The monoisotopic (exact) mass is 215 g/mol. The molecule has 15 heavy (non-hydrogen) atoms. The van der Waals surface area contributed by atoms with Crippen LogP contribution in [-0.2, 0) is 14.3 Å². The van der Waals surface area contributed by atoms with Gasteiger partial charge in [-0.1, -0.05) is 13.8 Å². The van der Waals surface area contributed by atoms with Crippen LogP contribution in [0.2, 0.25) is 0 Å². The van der Waals surface area contributed by atoms with Crippen molar-refractivity contribution in [3.8, 4) is 0 Å². The van der Waals surface area contributed by atoms with Gasteiger partial charge in [-0.05, 0) is 19.8 Å². The molecule has 0 radical (unpaired) electrons. The van der Waals surface area contributed by atoms with Crippen LogP contribution >= 0.6 is 0 Å². The van der Waals surface area contributed by atoms with Crippen molar-refractivity contribution in [2.75, 3.05) is 13.2 Å². The number of esters is 1. The van der Waals surface area contributed by atoms with Crippen molar-refractivity contribution in [1.82, 2.24) is 5.32 Å². The molecule has 0 aliphatic heterocycles. The number of hydrogen-bond acceptors (Lipinski definition) is 3. The second-order valence-electron chi connectivity index (χ2n) is 3.41. The molecule has 4 nitrogen and oxygen atoms in total. The molecule has 0 fully saturated rings. The van der Waals surface area contributed by atoms with E-state index < -0.39 is 0 Å². The minimum atomic E-state index is -0.225. The molecule has 0 saturated heterocycles. The molecule has 1 atom stereocenters. The van der Waals surface area contributed by atoms with Gasteiger partial charge in [-0.25, -0.2) is 0 Å². The standard InChI is InChI=1S/C11H21NO3/c1-4-7-10(13)12-8-9(5-2)11(14)15-6-3/h9H,4-8H2,1-3H3,(H,12,13)/t9-/m0/s1. The highest BCUT2D eigenvalue weighted by molar-refractivity contribution is 5.77. The van der Waals surface area contributed by atoms with Gasteiger partial charge in [0.15, 0.2) is 0 Å². The Balaban J connectivity index is 3.89. The van der Waals surface area contributed by atoms with Crippen molar-refractivity contribution in [2.45, 2.75) is 40.0 Å². The van der Waals surface area contributed by atoms with Crippen molar-refractivity contribution in [2.24, 2.45) is 5.92 Å². The van der Waals surface area contributed by atoms with Crippen LogP contribution in [0.15, 0.2) is 0 Å². The fourth-order valence-corrected chi connectivity index (χ4v) is 1.21. The summed E-state index contributed by atoms with van der Waals surface area (Å²) in [6.45, 7) is 6.41. The summed E-state index contributed by atoms with van der Waals surface area (Å²) in [5.41, 5.74) is 0. The van der Waals surface area contributed by atoms with Crippen molar-refractivity contribution in [3.63, 3.8) is 0 Å². The van der Waals surface area contributed by atoms with Crippen LogP contribution < -0.4 is 5.32 Å². The fraction of sp³-hybridized carbons (Fsp3) is 0.818. The summed E-state index contributed by atoms with van der Waals surface area (Å²) >= 11 is 0. The molecule has 1 amide bonds. The Kier molecular flexibility index (Phi) is 7.68. The number of rotatable bonds is 7. The first-order valence-electron chi connectivity index (χ1n) is 5.58. The maximum absolute atomic E-state index is 11.4. The largest absolute Gasteiger partial charge is 0.466 e. The summed E-state index contributed by atoms with van der Waals surface area (Å²) in [7, 11) is 0. The van der Waals surface area contributed by atoms with E-state index in [4.69, 9.17) is 4.74 Å². The highest BCUT2D eigenvalue weighted by Crippen LogP contribution is 2.04. The maximum Gasteiger partial charge on any atom is 0.310 e. The number of amides is 1. The maximum atomic E-state index is 11.4. The number of nitrogens with one attached hydrogen (secondary N) is 1. The molecule has 0 aromatic rings. The molecule has 0 bridgehead atoms. The highest BCUT2D eigenvalue weighted by Gasteiger charge is 2.17. The number of hydrogen-bond donors (Lipinski definition) is 1. The molecule has 1 N–H and O–H groups in total. The van der Waals surface area contributed by atoms with Crippen molar-refractivity contribution >= 4 is 11.9 Å². The van der Waals surface area contributed by atoms with E-state index in [1.807, 2.05) is 13.8 Å². The summed E-state index contributed by atoms with van der Waals surface area (Å²) in [6, 6.07) is 0. The molecule has 0 unspecified atom stereocenters. The summed E-state index contributed by atoms with van der Waals surface area (Å²) < 4.78 is 4.90. The van der Waals surface area contributed by atoms with Crippen LogP contribution in [0.1, 0.15) is 40.0 Å². The van der Waals surface area contributed by atoms with E-state index in [0.717, 1.165) is 6.42 Å². The molecule has 0 saturated carbocycles. The van der Waals surface area contributed by atoms with Gasteiger partial charge in [-0.2, -0.15) is 0 Å². The third-order valence-electron chi connectivity index (χ3n) is 2.14. The van der Waals surface area contributed by atoms with E-state index in [-0.39, 0.29) is 17.8 Å². The van der Waals surface area contributed by atoms with Gasteiger partial charge in [0, 0.05) is 13.0 Å². The van der Waals surface area contributed by atoms with E-state index >= 15 is 0 Å². The Morgan fingerprint density at radius 2 is 1.93 bits per heavy atom. The second-order valence-corrected chi connectivity index (χ2v) is 3.41. The number of carbonyl (C=O) groups is 2. The Morgan fingerprint density at radius 3 is 2.40 bits per heavy atom. The van der Waals surface area contributed by atoms with Gasteiger partial charge >= 0.3 is 5.97 Å². The summed E-state index contributed by atoms with van der Waals surface area (Å²) in [5, 5.41) is 2.73. The van der Waals surface area contributed by atoms with Crippen molar-refractivity contribution < 1.29 is 14.3 Å². The molecular formula is C11H21NO3. The predicted molar refractivity (Wildman–Crippen MR) is 58.3 cm³/mol. The van der Waals surface area contributed by atoms with Gasteiger partial charge < -0.3 is 10.1 Å². The van der Waals surface area contributed by atoms with E-state index in [9.17, 15) is 9.59 Å². The van der Waals surface area contributed by atoms with Gasteiger partial charge in [-0.15, -0.1) is 0 Å². The number of carbonyl (C=O) groups excluding carboxylic acids is 2. The molecule has 0 aliphatic carbocycles. The molecule has 0 spiro atoms. The Labute approximate surface area is 91.4 Å². The fourth-order valence-electron chi connectivity index (χ4n) is 1.21. The normalized spacial score (nSPS) is 11.9. The Bertz CT molecular complexity index is 204. The highest BCUT2D eigenvalue weighted by atomic mass is 16.5. The molecule has 88 valence electrons. The third-order valence-corrected chi connectivity index (χ3v) is 2.14. The lowest BCUT2D eigenvalue weighted by Gasteiger charge is -2.13. The number of ether oxygens (including phenoxy) is 1. The zero-order chi connectivity index (χ0) is 11.7. The van der Waals surface area contributed by atoms with Crippen LogP contribution in [0.25, 0.3) is 0 Å².